The Morgan fingerprint density at radius 1 is 1.13 bits per heavy atom. The number of aliphatic carboxylic acids is 1. The van der Waals surface area contributed by atoms with E-state index in [1.807, 2.05) is 12.1 Å². The number of carboxylic acid groups (broad SMARTS) is 1. The molecule has 0 aromatic heterocycles. The quantitative estimate of drug-likeness (QED) is 0.745. The van der Waals surface area contributed by atoms with Crippen LogP contribution in [0.3, 0.4) is 0 Å². The Hall–Kier alpha value is -1.74. The fourth-order valence-corrected chi connectivity index (χ4v) is 5.43. The summed E-state index contributed by atoms with van der Waals surface area (Å²) in [5.74, 6) is 0.0672. The maximum absolute atomic E-state index is 11.9. The SMILES string of the molecule is O=C([O-])[C@@H]1[C@H]2CC=C[C@@H]2c2cc(Cl)cc3c2N1C[C@@H]1CC=C[C@@H]31. The van der Waals surface area contributed by atoms with Crippen molar-refractivity contribution in [3.8, 4) is 0 Å². The van der Waals surface area contributed by atoms with Gasteiger partial charge in [0.15, 0.2) is 0 Å². The lowest BCUT2D eigenvalue weighted by molar-refractivity contribution is -0.309. The van der Waals surface area contributed by atoms with Crippen LogP contribution in [0.1, 0.15) is 35.8 Å². The molecule has 4 heteroatoms. The first kappa shape index (κ1) is 13.7. The molecule has 0 spiro atoms. The van der Waals surface area contributed by atoms with Crippen LogP contribution in [0.15, 0.2) is 36.4 Å². The van der Waals surface area contributed by atoms with Gasteiger partial charge in [0, 0.05) is 29.1 Å². The zero-order valence-electron chi connectivity index (χ0n) is 12.6. The van der Waals surface area contributed by atoms with E-state index in [2.05, 4.69) is 29.2 Å². The van der Waals surface area contributed by atoms with Crippen LogP contribution in [0.2, 0.25) is 5.02 Å². The number of nitrogens with zero attached hydrogens (tertiary/aromatic N) is 1. The molecule has 2 aliphatic heterocycles. The number of halogens is 1. The molecule has 0 amide bonds. The average molecular weight is 327 g/mol. The summed E-state index contributed by atoms with van der Waals surface area (Å²) in [4.78, 5) is 14.1. The van der Waals surface area contributed by atoms with E-state index < -0.39 is 12.0 Å². The maximum Gasteiger partial charge on any atom is 0.0727 e. The Kier molecular flexibility index (Phi) is 2.76. The summed E-state index contributed by atoms with van der Waals surface area (Å²) in [5.41, 5.74) is 3.49. The van der Waals surface area contributed by atoms with Crippen LogP contribution >= 0.6 is 11.6 Å². The Labute approximate surface area is 140 Å². The van der Waals surface area contributed by atoms with E-state index in [0.717, 1.165) is 30.1 Å². The van der Waals surface area contributed by atoms with Gasteiger partial charge in [-0.1, -0.05) is 35.9 Å². The monoisotopic (exact) mass is 326 g/mol. The van der Waals surface area contributed by atoms with Crippen molar-refractivity contribution in [2.45, 2.75) is 30.7 Å². The fraction of sp³-hybridized carbons (Fsp3) is 0.421. The number of fused-ring (bicyclic) bond motifs is 4. The number of benzene rings is 1. The van der Waals surface area contributed by atoms with Gasteiger partial charge in [-0.3, -0.25) is 0 Å². The number of rotatable bonds is 1. The number of hydrogen-bond acceptors (Lipinski definition) is 3. The Balaban J connectivity index is 1.78. The molecule has 1 aromatic carbocycles. The van der Waals surface area contributed by atoms with Gasteiger partial charge in [0.1, 0.15) is 0 Å². The molecule has 0 bridgehead atoms. The van der Waals surface area contributed by atoms with Gasteiger partial charge in [0.05, 0.1) is 12.0 Å². The van der Waals surface area contributed by atoms with Crippen molar-refractivity contribution in [2.24, 2.45) is 11.8 Å². The van der Waals surface area contributed by atoms with Gasteiger partial charge in [-0.25, -0.2) is 0 Å². The highest BCUT2D eigenvalue weighted by atomic mass is 35.5. The summed E-state index contributed by atoms with van der Waals surface area (Å²) >= 11 is 6.42. The minimum absolute atomic E-state index is 0.0599. The second-order valence-electron chi connectivity index (χ2n) is 7.15. The lowest BCUT2D eigenvalue weighted by Gasteiger charge is -2.51. The molecule has 0 saturated heterocycles. The van der Waals surface area contributed by atoms with Crippen molar-refractivity contribution in [1.82, 2.24) is 0 Å². The lowest BCUT2D eigenvalue weighted by Crippen LogP contribution is -2.58. The predicted octanol–water partition coefficient (Wildman–Crippen LogP) is 2.61. The second kappa shape index (κ2) is 4.64. The van der Waals surface area contributed by atoms with Gasteiger partial charge >= 0.3 is 0 Å². The zero-order chi connectivity index (χ0) is 15.7. The van der Waals surface area contributed by atoms with E-state index in [-0.39, 0.29) is 11.8 Å². The van der Waals surface area contributed by atoms with E-state index in [9.17, 15) is 9.90 Å². The lowest BCUT2D eigenvalue weighted by atomic mass is 9.72. The molecule has 0 saturated carbocycles. The summed E-state index contributed by atoms with van der Waals surface area (Å²) in [6.07, 6.45) is 10.6. The minimum Gasteiger partial charge on any atom is -0.548 e. The van der Waals surface area contributed by atoms with E-state index in [1.54, 1.807) is 0 Å². The van der Waals surface area contributed by atoms with Crippen molar-refractivity contribution >= 4 is 23.3 Å². The predicted molar refractivity (Wildman–Crippen MR) is 87.6 cm³/mol. The van der Waals surface area contributed by atoms with Crippen molar-refractivity contribution in [1.29, 1.82) is 0 Å². The Morgan fingerprint density at radius 3 is 2.61 bits per heavy atom. The van der Waals surface area contributed by atoms with Gasteiger partial charge in [-0.15, -0.1) is 0 Å². The minimum atomic E-state index is -0.945. The maximum atomic E-state index is 11.9. The van der Waals surface area contributed by atoms with E-state index >= 15 is 0 Å². The molecule has 5 rings (SSSR count). The highest BCUT2D eigenvalue weighted by Crippen LogP contribution is 2.55. The average Bonchev–Trinajstić information content (AvgIpc) is 3.15. The van der Waals surface area contributed by atoms with Crippen molar-refractivity contribution in [2.75, 3.05) is 11.4 Å². The topological polar surface area (TPSA) is 43.4 Å². The summed E-state index contributed by atoms with van der Waals surface area (Å²) in [6, 6.07) is 3.53. The molecule has 5 atom stereocenters. The standard InChI is InChI=1S/C19H18ClNO2/c20-11-7-15-12-4-1-3-10(12)9-21-17(15)16(8-11)13-5-2-6-14(13)18(21)19(22)23/h1-2,4-5,7-8,10,12-14,18H,3,6,9H2,(H,22,23)/p-1/t10-,12+,13-,14-,18-/m0/s1. The number of hydrogen-bond donors (Lipinski definition) is 0. The molecule has 118 valence electrons. The van der Waals surface area contributed by atoms with Gasteiger partial charge in [-0.2, -0.15) is 0 Å². The van der Waals surface area contributed by atoms with Crippen LogP contribution in [0.25, 0.3) is 0 Å². The largest absolute Gasteiger partial charge is 0.548 e. The molecule has 23 heavy (non-hydrogen) atoms. The van der Waals surface area contributed by atoms with E-state index in [1.165, 1.54) is 11.1 Å². The Bertz CT molecular complexity index is 752. The van der Waals surface area contributed by atoms with Gasteiger partial charge < -0.3 is 14.8 Å². The fourth-order valence-electron chi connectivity index (χ4n) is 5.19. The first-order valence-electron chi connectivity index (χ1n) is 8.29. The molecule has 0 radical (unpaired) electrons. The molecule has 0 fully saturated rings. The summed E-state index contributed by atoms with van der Waals surface area (Å²) in [5, 5.41) is 12.7. The first-order valence-corrected chi connectivity index (χ1v) is 8.67. The van der Waals surface area contributed by atoms with Crippen LogP contribution in [0.4, 0.5) is 5.69 Å². The zero-order valence-corrected chi connectivity index (χ0v) is 13.4. The van der Waals surface area contributed by atoms with Gasteiger partial charge in [0.25, 0.3) is 0 Å². The normalized spacial score (nSPS) is 35.9. The van der Waals surface area contributed by atoms with E-state index in [0.29, 0.717) is 11.8 Å². The smallest absolute Gasteiger partial charge is 0.0727 e. The molecule has 4 aliphatic rings. The molecule has 0 unspecified atom stereocenters. The molecule has 3 nitrogen and oxygen atoms in total. The third kappa shape index (κ3) is 1.74. The number of allylic oxidation sites excluding steroid dienone is 4. The Morgan fingerprint density at radius 2 is 1.83 bits per heavy atom. The van der Waals surface area contributed by atoms with Crippen LogP contribution in [0, 0.1) is 11.8 Å². The summed E-state index contributed by atoms with van der Waals surface area (Å²) < 4.78 is 0. The third-order valence-corrected chi connectivity index (χ3v) is 6.27. The molecular formula is C19H17ClNO2-. The van der Waals surface area contributed by atoms with Crippen LogP contribution in [-0.4, -0.2) is 18.6 Å². The van der Waals surface area contributed by atoms with Crippen molar-refractivity contribution in [3.63, 3.8) is 0 Å². The van der Waals surface area contributed by atoms with Crippen molar-refractivity contribution < 1.29 is 9.90 Å². The second-order valence-corrected chi connectivity index (χ2v) is 7.59. The van der Waals surface area contributed by atoms with Gasteiger partial charge in [-0.05, 0) is 47.9 Å². The molecular weight excluding hydrogens is 310 g/mol. The molecule has 2 heterocycles. The van der Waals surface area contributed by atoms with Crippen LogP contribution in [0.5, 0.6) is 0 Å². The number of carbonyl (C=O) groups is 1. The highest BCUT2D eigenvalue weighted by molar-refractivity contribution is 6.31. The molecule has 2 aliphatic carbocycles. The third-order valence-electron chi connectivity index (χ3n) is 6.06. The van der Waals surface area contributed by atoms with Crippen LogP contribution in [-0.2, 0) is 4.79 Å². The molecule has 0 N–H and O–H groups in total. The van der Waals surface area contributed by atoms with Crippen LogP contribution < -0.4 is 10.0 Å². The van der Waals surface area contributed by atoms with Crippen molar-refractivity contribution in [3.05, 3.63) is 52.6 Å². The number of carboxylic acids is 1. The first-order chi connectivity index (χ1) is 11.1. The highest BCUT2D eigenvalue weighted by Gasteiger charge is 2.47. The van der Waals surface area contributed by atoms with E-state index in [4.69, 9.17) is 11.6 Å². The molecule has 1 aromatic rings. The van der Waals surface area contributed by atoms with Gasteiger partial charge in [0.2, 0.25) is 0 Å². The number of anilines is 1. The number of carbonyl (C=O) groups excluding carboxylic acids is 1. The summed E-state index contributed by atoms with van der Waals surface area (Å²) in [6.45, 7) is 0.793. The summed E-state index contributed by atoms with van der Waals surface area (Å²) in [7, 11) is 0.